The van der Waals surface area contributed by atoms with Crippen LogP contribution < -0.4 is 10.7 Å². The van der Waals surface area contributed by atoms with Gasteiger partial charge in [0.15, 0.2) is 9.84 Å². The van der Waals surface area contributed by atoms with Crippen LogP contribution in [0.3, 0.4) is 0 Å². The number of carbonyl (C=O) groups is 3. The first-order valence-corrected chi connectivity index (χ1v) is 15.5. The topological polar surface area (TPSA) is 122 Å². The molecule has 4 rings (SSSR count). The SMILES string of the molecule is O=C(N[C@@H](Cc1ccccc1)C(=O)NN(CCc1ccccc1)C(=O)/C=C/S(=O)(=O)c1ccccc1)OCc1ccccc1. The Bertz CT molecular complexity index is 1650. The van der Waals surface area contributed by atoms with E-state index in [2.05, 4.69) is 10.7 Å². The zero-order valence-electron chi connectivity index (χ0n) is 23.9. The molecule has 0 bridgehead atoms. The first-order chi connectivity index (χ1) is 21.3. The van der Waals surface area contributed by atoms with Gasteiger partial charge in [0.2, 0.25) is 0 Å². The molecule has 44 heavy (non-hydrogen) atoms. The van der Waals surface area contributed by atoms with E-state index in [0.717, 1.165) is 33.2 Å². The molecule has 0 aromatic heterocycles. The minimum atomic E-state index is -3.90. The van der Waals surface area contributed by atoms with Gasteiger partial charge in [0, 0.05) is 24.4 Å². The molecular formula is C34H33N3O6S. The van der Waals surface area contributed by atoms with Crippen molar-refractivity contribution in [2.24, 2.45) is 0 Å². The lowest BCUT2D eigenvalue weighted by Crippen LogP contribution is -2.55. The number of hydrazine groups is 1. The van der Waals surface area contributed by atoms with Crippen molar-refractivity contribution in [3.05, 3.63) is 150 Å². The number of hydrogen-bond acceptors (Lipinski definition) is 6. The summed E-state index contributed by atoms with van der Waals surface area (Å²) in [7, 11) is -3.90. The van der Waals surface area contributed by atoms with Gasteiger partial charge in [-0.25, -0.2) is 13.2 Å². The highest BCUT2D eigenvalue weighted by Gasteiger charge is 2.25. The number of benzene rings is 4. The van der Waals surface area contributed by atoms with Gasteiger partial charge in [0.1, 0.15) is 12.6 Å². The highest BCUT2D eigenvalue weighted by molar-refractivity contribution is 7.94. The quantitative estimate of drug-likeness (QED) is 0.178. The summed E-state index contributed by atoms with van der Waals surface area (Å²) in [5, 5.41) is 4.46. The lowest BCUT2D eigenvalue weighted by molar-refractivity contribution is -0.138. The Morgan fingerprint density at radius 3 is 1.84 bits per heavy atom. The van der Waals surface area contributed by atoms with Gasteiger partial charge >= 0.3 is 6.09 Å². The average Bonchev–Trinajstić information content (AvgIpc) is 3.06. The molecular weight excluding hydrogens is 578 g/mol. The molecule has 10 heteroatoms. The Morgan fingerprint density at radius 2 is 1.25 bits per heavy atom. The molecule has 226 valence electrons. The maximum Gasteiger partial charge on any atom is 0.408 e. The number of hydrogen-bond donors (Lipinski definition) is 2. The van der Waals surface area contributed by atoms with Crippen LogP contribution in [0.4, 0.5) is 4.79 Å². The van der Waals surface area contributed by atoms with Gasteiger partial charge in [-0.05, 0) is 35.2 Å². The summed E-state index contributed by atoms with van der Waals surface area (Å²) in [6.07, 6.45) is 0.594. The first kappa shape index (κ1) is 31.7. The second-order valence-electron chi connectivity index (χ2n) is 9.81. The smallest absolute Gasteiger partial charge is 0.408 e. The van der Waals surface area contributed by atoms with Gasteiger partial charge in [-0.15, -0.1) is 0 Å². The summed E-state index contributed by atoms with van der Waals surface area (Å²) in [4.78, 5) is 39.6. The van der Waals surface area contributed by atoms with Crippen molar-refractivity contribution < 1.29 is 27.5 Å². The van der Waals surface area contributed by atoms with E-state index in [9.17, 15) is 22.8 Å². The fourth-order valence-electron chi connectivity index (χ4n) is 4.21. The molecule has 0 saturated heterocycles. The number of alkyl carbamates (subject to hydrolysis) is 1. The highest BCUT2D eigenvalue weighted by Crippen LogP contribution is 2.12. The van der Waals surface area contributed by atoms with Crippen LogP contribution in [0.25, 0.3) is 0 Å². The van der Waals surface area contributed by atoms with Crippen molar-refractivity contribution >= 4 is 27.7 Å². The third kappa shape index (κ3) is 9.95. The highest BCUT2D eigenvalue weighted by atomic mass is 32.2. The van der Waals surface area contributed by atoms with Gasteiger partial charge in [-0.3, -0.25) is 20.0 Å². The van der Waals surface area contributed by atoms with E-state index >= 15 is 0 Å². The minimum Gasteiger partial charge on any atom is -0.445 e. The fourth-order valence-corrected chi connectivity index (χ4v) is 5.20. The molecule has 2 N–H and O–H groups in total. The van der Waals surface area contributed by atoms with E-state index in [1.807, 2.05) is 91.0 Å². The first-order valence-electron chi connectivity index (χ1n) is 14.0. The maximum absolute atomic E-state index is 13.6. The van der Waals surface area contributed by atoms with Crippen molar-refractivity contribution in [3.8, 4) is 0 Å². The molecule has 1 atom stereocenters. The predicted octanol–water partition coefficient (Wildman–Crippen LogP) is 4.61. The van der Waals surface area contributed by atoms with Crippen LogP contribution in [-0.2, 0) is 43.6 Å². The molecule has 0 aliphatic rings. The van der Waals surface area contributed by atoms with Gasteiger partial charge in [-0.2, -0.15) is 0 Å². The van der Waals surface area contributed by atoms with Crippen LogP contribution in [0.2, 0.25) is 0 Å². The average molecular weight is 612 g/mol. The number of nitrogens with one attached hydrogen (secondary N) is 2. The molecule has 0 saturated carbocycles. The van der Waals surface area contributed by atoms with Crippen LogP contribution in [0, 0.1) is 0 Å². The van der Waals surface area contributed by atoms with Crippen LogP contribution in [0.5, 0.6) is 0 Å². The maximum atomic E-state index is 13.6. The molecule has 9 nitrogen and oxygen atoms in total. The molecule has 0 aliphatic carbocycles. The van der Waals surface area contributed by atoms with Crippen LogP contribution in [0.15, 0.2) is 138 Å². The number of ether oxygens (including phenoxy) is 1. The second kappa shape index (κ2) is 15.9. The lowest BCUT2D eigenvalue weighted by Gasteiger charge is -2.26. The molecule has 4 aromatic carbocycles. The Balaban J connectivity index is 1.51. The minimum absolute atomic E-state index is 0.00865. The number of nitrogens with zero attached hydrogens (tertiary/aromatic N) is 1. The van der Waals surface area contributed by atoms with Crippen molar-refractivity contribution in [1.29, 1.82) is 0 Å². The lowest BCUT2D eigenvalue weighted by atomic mass is 10.1. The van der Waals surface area contributed by atoms with Gasteiger partial charge < -0.3 is 10.1 Å². The molecule has 0 spiro atoms. The molecule has 0 unspecified atom stereocenters. The number of amides is 3. The summed E-state index contributed by atoms with van der Waals surface area (Å²) in [5.74, 6) is -1.43. The van der Waals surface area contributed by atoms with Crippen molar-refractivity contribution in [3.63, 3.8) is 0 Å². The molecule has 0 radical (unpaired) electrons. The Morgan fingerprint density at radius 1 is 0.727 bits per heavy atom. The Kier molecular flexibility index (Phi) is 11.4. The fraction of sp³-hybridized carbons (Fsp3) is 0.147. The third-order valence-electron chi connectivity index (χ3n) is 6.54. The second-order valence-corrected chi connectivity index (χ2v) is 11.6. The molecule has 3 amide bonds. The molecule has 4 aromatic rings. The summed E-state index contributed by atoms with van der Waals surface area (Å²) in [5.41, 5.74) is 5.05. The number of carbonyl (C=O) groups excluding carboxylic acids is 3. The number of rotatable bonds is 12. The predicted molar refractivity (Wildman–Crippen MR) is 166 cm³/mol. The third-order valence-corrected chi connectivity index (χ3v) is 7.97. The van der Waals surface area contributed by atoms with Crippen LogP contribution >= 0.6 is 0 Å². The standard InChI is InChI=1S/C34H33N3O6S/c38-32(22-24-44(41,42)30-19-11-4-12-20-30)37(23-21-27-13-5-1-6-14-27)36-33(39)31(25-28-15-7-2-8-16-28)35-34(40)43-26-29-17-9-3-10-18-29/h1-20,22,24,31H,21,23,25-26H2,(H,35,40)(H,36,39)/b24-22+/t31-/m0/s1. The Labute approximate surface area is 257 Å². The zero-order chi connectivity index (χ0) is 31.2. The summed E-state index contributed by atoms with van der Waals surface area (Å²) in [6.45, 7) is 0.0511. The summed E-state index contributed by atoms with van der Waals surface area (Å²) in [6, 6.07) is 34.1. The van der Waals surface area contributed by atoms with Gasteiger partial charge in [0.05, 0.1) is 4.90 Å². The molecule has 0 heterocycles. The normalized spacial score (nSPS) is 11.8. The van der Waals surface area contributed by atoms with Crippen LogP contribution in [-0.4, -0.2) is 43.9 Å². The molecule has 0 aliphatic heterocycles. The largest absolute Gasteiger partial charge is 0.445 e. The van der Waals surface area contributed by atoms with E-state index in [1.165, 1.54) is 12.1 Å². The van der Waals surface area contributed by atoms with Crippen LogP contribution in [0.1, 0.15) is 16.7 Å². The monoisotopic (exact) mass is 611 g/mol. The van der Waals surface area contributed by atoms with Gasteiger partial charge in [0.25, 0.3) is 11.8 Å². The number of sulfone groups is 1. The Hall–Kier alpha value is -5.22. The van der Waals surface area contributed by atoms with E-state index in [1.54, 1.807) is 18.2 Å². The van der Waals surface area contributed by atoms with E-state index in [4.69, 9.17) is 4.74 Å². The van der Waals surface area contributed by atoms with Crippen molar-refractivity contribution in [2.45, 2.75) is 30.4 Å². The van der Waals surface area contributed by atoms with Gasteiger partial charge in [-0.1, -0.05) is 109 Å². The summed E-state index contributed by atoms with van der Waals surface area (Å²) >= 11 is 0. The summed E-state index contributed by atoms with van der Waals surface area (Å²) < 4.78 is 30.8. The van der Waals surface area contributed by atoms with E-state index in [-0.39, 0.29) is 24.5 Å². The zero-order valence-corrected chi connectivity index (χ0v) is 24.7. The van der Waals surface area contributed by atoms with Crippen molar-refractivity contribution in [1.82, 2.24) is 15.8 Å². The van der Waals surface area contributed by atoms with E-state index in [0.29, 0.717) is 6.42 Å². The van der Waals surface area contributed by atoms with Crippen molar-refractivity contribution in [2.75, 3.05) is 6.54 Å². The van der Waals surface area contributed by atoms with E-state index < -0.39 is 33.8 Å². The molecule has 0 fully saturated rings.